The number of benzene rings is 1. The second-order valence-corrected chi connectivity index (χ2v) is 7.33. The van der Waals surface area contributed by atoms with Crippen LogP contribution in [0.1, 0.15) is 51.5 Å². The predicted octanol–water partition coefficient (Wildman–Crippen LogP) is 5.49. The monoisotopic (exact) mass is 329 g/mol. The van der Waals surface area contributed by atoms with Gasteiger partial charge in [-0.3, -0.25) is 4.90 Å². The van der Waals surface area contributed by atoms with Crippen molar-refractivity contribution in [3.05, 3.63) is 27.7 Å². The zero-order chi connectivity index (χ0) is 15.4. The molecule has 1 aliphatic rings. The molecule has 0 aromatic heterocycles. The molecule has 1 saturated carbocycles. The molecule has 1 fully saturated rings. The van der Waals surface area contributed by atoms with E-state index >= 15 is 0 Å². The van der Waals surface area contributed by atoms with Gasteiger partial charge < -0.3 is 5.11 Å². The number of aromatic hydroxyl groups is 1. The first-order valence-electron chi connectivity index (χ1n) is 7.88. The van der Waals surface area contributed by atoms with Crippen LogP contribution in [0, 0.1) is 5.92 Å². The van der Waals surface area contributed by atoms with E-state index in [1.165, 1.54) is 32.1 Å². The van der Waals surface area contributed by atoms with Gasteiger partial charge in [-0.1, -0.05) is 49.9 Å². The van der Waals surface area contributed by atoms with Gasteiger partial charge in [-0.15, -0.1) is 0 Å². The summed E-state index contributed by atoms with van der Waals surface area (Å²) in [4.78, 5) is 2.49. The summed E-state index contributed by atoms with van der Waals surface area (Å²) in [6.45, 7) is 6.29. The summed E-state index contributed by atoms with van der Waals surface area (Å²) in [6.07, 6.45) is 6.31. The van der Waals surface area contributed by atoms with Crippen LogP contribution in [0.3, 0.4) is 0 Å². The van der Waals surface area contributed by atoms with E-state index in [1.807, 2.05) is 6.07 Å². The number of rotatable bonds is 6. The molecule has 4 heteroatoms. The summed E-state index contributed by atoms with van der Waals surface area (Å²) in [5, 5.41) is 11.1. The topological polar surface area (TPSA) is 23.5 Å². The highest BCUT2D eigenvalue weighted by molar-refractivity contribution is 6.35. The molecule has 2 nitrogen and oxygen atoms in total. The Morgan fingerprint density at radius 1 is 1.24 bits per heavy atom. The van der Waals surface area contributed by atoms with E-state index in [0.29, 0.717) is 22.0 Å². The van der Waals surface area contributed by atoms with Crippen molar-refractivity contribution in [3.63, 3.8) is 0 Å². The van der Waals surface area contributed by atoms with Gasteiger partial charge in [-0.05, 0) is 43.9 Å². The quantitative estimate of drug-likeness (QED) is 0.745. The van der Waals surface area contributed by atoms with Crippen molar-refractivity contribution < 1.29 is 5.11 Å². The highest BCUT2D eigenvalue weighted by atomic mass is 35.5. The van der Waals surface area contributed by atoms with Crippen LogP contribution in [0.4, 0.5) is 0 Å². The van der Waals surface area contributed by atoms with Gasteiger partial charge in [0.15, 0.2) is 0 Å². The lowest BCUT2D eigenvalue weighted by molar-refractivity contribution is 0.178. The van der Waals surface area contributed by atoms with Gasteiger partial charge in [-0.25, -0.2) is 0 Å². The Hall–Kier alpha value is -0.440. The zero-order valence-electron chi connectivity index (χ0n) is 12.9. The van der Waals surface area contributed by atoms with Crippen LogP contribution in [0.25, 0.3) is 0 Å². The van der Waals surface area contributed by atoms with Gasteiger partial charge in [-0.2, -0.15) is 0 Å². The molecule has 0 unspecified atom stereocenters. The molecule has 1 N–H and O–H groups in total. The molecule has 0 atom stereocenters. The fourth-order valence-electron chi connectivity index (χ4n) is 3.04. The van der Waals surface area contributed by atoms with E-state index < -0.39 is 0 Å². The summed E-state index contributed by atoms with van der Waals surface area (Å²) in [6, 6.07) is 4.05. The third-order valence-electron chi connectivity index (χ3n) is 4.32. The van der Waals surface area contributed by atoms with Crippen LogP contribution in [0.2, 0.25) is 10.0 Å². The van der Waals surface area contributed by atoms with E-state index in [9.17, 15) is 5.11 Å². The fourth-order valence-corrected chi connectivity index (χ4v) is 3.58. The highest BCUT2D eigenvalue weighted by Gasteiger charge is 2.24. The van der Waals surface area contributed by atoms with Gasteiger partial charge in [0.05, 0.1) is 5.02 Å². The Morgan fingerprint density at radius 2 is 1.90 bits per heavy atom. The predicted molar refractivity (Wildman–Crippen MR) is 90.2 cm³/mol. The van der Waals surface area contributed by atoms with Crippen molar-refractivity contribution in [2.24, 2.45) is 5.92 Å². The van der Waals surface area contributed by atoms with Crippen LogP contribution >= 0.6 is 23.2 Å². The van der Waals surface area contributed by atoms with Crippen molar-refractivity contribution in [2.75, 3.05) is 6.54 Å². The second kappa shape index (κ2) is 7.71. The molecule has 0 amide bonds. The summed E-state index contributed by atoms with van der Waals surface area (Å²) >= 11 is 12.1. The van der Waals surface area contributed by atoms with E-state index in [0.717, 1.165) is 18.7 Å². The number of hydrogen-bond acceptors (Lipinski definition) is 2. The van der Waals surface area contributed by atoms with E-state index in [-0.39, 0.29) is 5.75 Å². The van der Waals surface area contributed by atoms with Crippen molar-refractivity contribution >= 4 is 23.2 Å². The van der Waals surface area contributed by atoms with Crippen LogP contribution < -0.4 is 0 Å². The lowest BCUT2D eigenvalue weighted by Gasteiger charge is -2.30. The Labute approximate surface area is 138 Å². The van der Waals surface area contributed by atoms with Crippen LogP contribution in [-0.4, -0.2) is 22.6 Å². The fraction of sp³-hybridized carbons (Fsp3) is 0.647. The smallest absolute Gasteiger partial charge is 0.138 e. The molecule has 2 rings (SSSR count). The molecular formula is C17H25Cl2NO. The van der Waals surface area contributed by atoms with Gasteiger partial charge in [0, 0.05) is 23.2 Å². The molecule has 118 valence electrons. The SMILES string of the molecule is CC(C)CCN(Cc1cc(Cl)cc(Cl)c1O)C1CCCC1. The molecule has 0 heterocycles. The zero-order valence-corrected chi connectivity index (χ0v) is 14.4. The minimum absolute atomic E-state index is 0.175. The highest BCUT2D eigenvalue weighted by Crippen LogP contribution is 2.34. The van der Waals surface area contributed by atoms with Gasteiger partial charge in [0.1, 0.15) is 5.75 Å². The maximum atomic E-state index is 10.2. The van der Waals surface area contributed by atoms with Crippen LogP contribution in [0.5, 0.6) is 5.75 Å². The first-order chi connectivity index (χ1) is 9.97. The van der Waals surface area contributed by atoms with Gasteiger partial charge in [0.25, 0.3) is 0 Å². The van der Waals surface area contributed by atoms with Gasteiger partial charge >= 0.3 is 0 Å². The minimum atomic E-state index is 0.175. The van der Waals surface area contributed by atoms with Crippen molar-refractivity contribution in [1.82, 2.24) is 4.90 Å². The molecule has 21 heavy (non-hydrogen) atoms. The standard InChI is InChI=1S/C17H25Cl2NO/c1-12(2)7-8-20(15-5-3-4-6-15)11-13-9-14(18)10-16(19)17(13)21/h9-10,12,15,21H,3-8,11H2,1-2H3. The van der Waals surface area contributed by atoms with Crippen LogP contribution in [-0.2, 0) is 6.54 Å². The average Bonchev–Trinajstić information content (AvgIpc) is 2.93. The molecule has 1 aromatic carbocycles. The van der Waals surface area contributed by atoms with Crippen molar-refractivity contribution in [2.45, 2.75) is 58.5 Å². The lowest BCUT2D eigenvalue weighted by Crippen LogP contribution is -2.34. The Bertz CT molecular complexity index is 470. The maximum absolute atomic E-state index is 10.2. The van der Waals surface area contributed by atoms with E-state index in [1.54, 1.807) is 6.07 Å². The first-order valence-corrected chi connectivity index (χ1v) is 8.64. The number of halogens is 2. The molecule has 1 aliphatic carbocycles. The largest absolute Gasteiger partial charge is 0.506 e. The lowest BCUT2D eigenvalue weighted by atomic mass is 10.1. The molecule has 0 spiro atoms. The van der Waals surface area contributed by atoms with E-state index in [2.05, 4.69) is 18.7 Å². The Morgan fingerprint density at radius 3 is 2.52 bits per heavy atom. The summed E-state index contributed by atoms with van der Waals surface area (Å²) in [5.41, 5.74) is 0.836. The van der Waals surface area contributed by atoms with Crippen molar-refractivity contribution in [1.29, 1.82) is 0 Å². The summed E-state index contributed by atoms with van der Waals surface area (Å²) in [7, 11) is 0. The third kappa shape index (κ3) is 4.77. The van der Waals surface area contributed by atoms with Crippen LogP contribution in [0.15, 0.2) is 12.1 Å². The summed E-state index contributed by atoms with van der Waals surface area (Å²) in [5.74, 6) is 0.860. The number of phenols is 1. The molecule has 1 aromatic rings. The maximum Gasteiger partial charge on any atom is 0.138 e. The Kier molecular flexibility index (Phi) is 6.21. The summed E-state index contributed by atoms with van der Waals surface area (Å²) < 4.78 is 0. The second-order valence-electron chi connectivity index (χ2n) is 6.49. The molecule has 0 radical (unpaired) electrons. The van der Waals surface area contributed by atoms with E-state index in [4.69, 9.17) is 23.2 Å². The number of hydrogen-bond donors (Lipinski definition) is 1. The van der Waals surface area contributed by atoms with Crippen molar-refractivity contribution in [3.8, 4) is 5.75 Å². The minimum Gasteiger partial charge on any atom is -0.506 e. The Balaban J connectivity index is 2.13. The molecular weight excluding hydrogens is 305 g/mol. The number of nitrogens with zero attached hydrogens (tertiary/aromatic N) is 1. The molecule has 0 aliphatic heterocycles. The van der Waals surface area contributed by atoms with Gasteiger partial charge in [0.2, 0.25) is 0 Å². The normalized spacial score (nSPS) is 16.3. The average molecular weight is 330 g/mol. The first kappa shape index (κ1) is 16.9. The molecule has 0 bridgehead atoms. The third-order valence-corrected chi connectivity index (χ3v) is 4.82. The molecule has 0 saturated heterocycles. The number of phenolic OH excluding ortho intramolecular Hbond substituents is 1.